The molecule has 1 fully saturated rings. The largest absolute Gasteiger partial charge is 0.497 e. The molecule has 0 spiro atoms. The molecule has 1 saturated heterocycles. The van der Waals surface area contributed by atoms with Crippen molar-refractivity contribution in [2.45, 2.75) is 31.0 Å². The molecule has 0 bridgehead atoms. The van der Waals surface area contributed by atoms with Crippen molar-refractivity contribution < 1.29 is 23.5 Å². The van der Waals surface area contributed by atoms with Crippen LogP contribution >= 0.6 is 11.8 Å². The van der Waals surface area contributed by atoms with E-state index >= 15 is 0 Å². The Morgan fingerprint density at radius 3 is 2.83 bits per heavy atom. The molecule has 1 aliphatic rings. The number of aromatic nitrogens is 2. The number of carbonyl (C=O) groups is 2. The normalized spacial score (nSPS) is 16.3. The van der Waals surface area contributed by atoms with Gasteiger partial charge in [0.2, 0.25) is 11.8 Å². The number of hydrogen-bond acceptors (Lipinski definition) is 8. The number of piperidine rings is 1. The number of nitrogens with one attached hydrogen (secondary N) is 1. The number of thioether (sulfide) groups is 1. The van der Waals surface area contributed by atoms with Gasteiger partial charge in [0, 0.05) is 24.7 Å². The van der Waals surface area contributed by atoms with Crippen LogP contribution in [0.15, 0.2) is 33.9 Å². The average Bonchev–Trinajstić information content (AvgIpc) is 3.21. The van der Waals surface area contributed by atoms with Crippen molar-refractivity contribution in [1.82, 2.24) is 20.4 Å². The van der Waals surface area contributed by atoms with Gasteiger partial charge in [-0.3, -0.25) is 4.79 Å². The fourth-order valence-corrected chi connectivity index (χ4v) is 3.66. The van der Waals surface area contributed by atoms with Crippen molar-refractivity contribution in [3.05, 3.63) is 24.3 Å². The van der Waals surface area contributed by atoms with Crippen LogP contribution < -0.4 is 10.1 Å². The predicted octanol–water partition coefficient (Wildman–Crippen LogP) is 2.57. The van der Waals surface area contributed by atoms with E-state index in [2.05, 4.69) is 15.5 Å². The first-order chi connectivity index (χ1) is 14.1. The van der Waals surface area contributed by atoms with E-state index in [9.17, 15) is 9.59 Å². The third-order valence-electron chi connectivity index (χ3n) is 4.43. The number of alkyl carbamates (subject to hydrolysis) is 1. The number of benzene rings is 1. The maximum atomic E-state index is 12.5. The summed E-state index contributed by atoms with van der Waals surface area (Å²) in [5, 5.41) is 11.2. The number of hydrogen-bond donors (Lipinski definition) is 1. The summed E-state index contributed by atoms with van der Waals surface area (Å²) in [6.45, 7) is 3.21. The molecule has 0 aliphatic carbocycles. The molecule has 1 aliphatic heterocycles. The van der Waals surface area contributed by atoms with Gasteiger partial charge in [0.15, 0.2) is 0 Å². The second-order valence-corrected chi connectivity index (χ2v) is 7.36. The molecule has 2 heterocycles. The molecule has 2 aromatic rings. The molecule has 0 radical (unpaired) electrons. The van der Waals surface area contributed by atoms with Crippen molar-refractivity contribution in [3.63, 3.8) is 0 Å². The van der Waals surface area contributed by atoms with E-state index in [4.69, 9.17) is 13.9 Å². The molecule has 9 nitrogen and oxygen atoms in total. The van der Waals surface area contributed by atoms with E-state index < -0.39 is 6.09 Å². The highest BCUT2D eigenvalue weighted by atomic mass is 32.2. The van der Waals surface area contributed by atoms with E-state index in [1.54, 1.807) is 18.9 Å². The standard InChI is InChI=1S/C19H24N4O5S/c1-3-27-18(25)20-14-5-4-10-23(11-14)16(24)12-29-19-22-21-17(28-19)13-6-8-15(26-2)9-7-13/h6-9,14H,3-5,10-12H2,1-2H3,(H,20,25). The highest BCUT2D eigenvalue weighted by molar-refractivity contribution is 7.99. The van der Waals surface area contributed by atoms with Crippen LogP contribution in [0.1, 0.15) is 19.8 Å². The summed E-state index contributed by atoms with van der Waals surface area (Å²) in [6, 6.07) is 7.19. The van der Waals surface area contributed by atoms with Crippen LogP contribution in [0.5, 0.6) is 5.75 Å². The lowest BCUT2D eigenvalue weighted by molar-refractivity contribution is -0.129. The van der Waals surface area contributed by atoms with E-state index in [0.717, 1.165) is 24.2 Å². The van der Waals surface area contributed by atoms with E-state index in [0.29, 0.717) is 30.8 Å². The first kappa shape index (κ1) is 21.0. The van der Waals surface area contributed by atoms with Gasteiger partial charge in [-0.25, -0.2) is 4.79 Å². The Hall–Kier alpha value is -2.75. The Morgan fingerprint density at radius 1 is 1.31 bits per heavy atom. The first-order valence-electron chi connectivity index (χ1n) is 9.40. The summed E-state index contributed by atoms with van der Waals surface area (Å²) in [4.78, 5) is 25.9. The molecule has 1 aromatic carbocycles. The molecule has 3 rings (SSSR count). The molecule has 0 saturated carbocycles. The molecule has 1 aromatic heterocycles. The van der Waals surface area contributed by atoms with Gasteiger partial charge in [-0.05, 0) is 44.0 Å². The van der Waals surface area contributed by atoms with Crippen molar-refractivity contribution in [1.29, 1.82) is 0 Å². The highest BCUT2D eigenvalue weighted by Gasteiger charge is 2.25. The van der Waals surface area contributed by atoms with Crippen LogP contribution in [0.3, 0.4) is 0 Å². The second-order valence-electron chi connectivity index (χ2n) is 6.43. The topological polar surface area (TPSA) is 107 Å². The Balaban J connectivity index is 1.50. The number of likely N-dealkylation sites (tertiary alicyclic amines) is 1. The fraction of sp³-hybridized carbons (Fsp3) is 0.474. The second kappa shape index (κ2) is 10.1. The minimum atomic E-state index is -0.446. The molecule has 10 heteroatoms. The number of ether oxygens (including phenoxy) is 2. The molecule has 156 valence electrons. The summed E-state index contributed by atoms with van der Waals surface area (Å²) >= 11 is 1.20. The first-order valence-corrected chi connectivity index (χ1v) is 10.4. The summed E-state index contributed by atoms with van der Waals surface area (Å²) in [6.07, 6.45) is 1.21. The van der Waals surface area contributed by atoms with Crippen molar-refractivity contribution >= 4 is 23.8 Å². The molecular weight excluding hydrogens is 396 g/mol. The molecule has 1 atom stereocenters. The molecular formula is C19H24N4O5S. The maximum Gasteiger partial charge on any atom is 0.407 e. The summed E-state index contributed by atoms with van der Waals surface area (Å²) < 4.78 is 15.7. The molecule has 2 amide bonds. The van der Waals surface area contributed by atoms with Gasteiger partial charge >= 0.3 is 6.09 Å². The number of rotatable bonds is 7. The lowest BCUT2D eigenvalue weighted by Gasteiger charge is -2.32. The van der Waals surface area contributed by atoms with E-state index in [1.807, 2.05) is 24.3 Å². The smallest absolute Gasteiger partial charge is 0.407 e. The number of nitrogens with zero attached hydrogens (tertiary/aromatic N) is 3. The molecule has 1 unspecified atom stereocenters. The fourth-order valence-electron chi connectivity index (χ4n) is 2.99. The Labute approximate surface area is 173 Å². The Bertz CT molecular complexity index is 826. The lowest BCUT2D eigenvalue weighted by atomic mass is 10.1. The Kier molecular flexibility index (Phi) is 7.34. The van der Waals surface area contributed by atoms with Crippen LogP contribution in [0.25, 0.3) is 11.5 Å². The third kappa shape index (κ3) is 5.86. The molecule has 1 N–H and O–H groups in total. The van der Waals surface area contributed by atoms with Crippen LogP contribution in [0.4, 0.5) is 4.79 Å². The maximum absolute atomic E-state index is 12.5. The summed E-state index contributed by atoms with van der Waals surface area (Å²) in [5.74, 6) is 1.29. The van der Waals surface area contributed by atoms with Gasteiger partial charge in [-0.2, -0.15) is 0 Å². The summed E-state index contributed by atoms with van der Waals surface area (Å²) in [7, 11) is 1.60. The van der Waals surface area contributed by atoms with Crippen molar-refractivity contribution in [2.24, 2.45) is 0 Å². The quantitative estimate of drug-likeness (QED) is 0.681. The summed E-state index contributed by atoms with van der Waals surface area (Å²) in [5.41, 5.74) is 0.778. The van der Waals surface area contributed by atoms with Gasteiger partial charge in [-0.15, -0.1) is 10.2 Å². The van der Waals surface area contributed by atoms with Crippen LogP contribution in [0, 0.1) is 0 Å². The van der Waals surface area contributed by atoms with Crippen molar-refractivity contribution in [3.8, 4) is 17.2 Å². The lowest BCUT2D eigenvalue weighted by Crippen LogP contribution is -2.50. The van der Waals surface area contributed by atoms with E-state index in [-0.39, 0.29) is 17.7 Å². The number of methoxy groups -OCH3 is 1. The highest BCUT2D eigenvalue weighted by Crippen LogP contribution is 2.25. The van der Waals surface area contributed by atoms with E-state index in [1.165, 1.54) is 11.8 Å². The van der Waals surface area contributed by atoms with Gasteiger partial charge in [0.05, 0.1) is 19.5 Å². The van der Waals surface area contributed by atoms with Crippen LogP contribution in [-0.4, -0.2) is 65.7 Å². The average molecular weight is 420 g/mol. The van der Waals surface area contributed by atoms with Crippen molar-refractivity contribution in [2.75, 3.05) is 32.6 Å². The third-order valence-corrected chi connectivity index (χ3v) is 5.24. The van der Waals surface area contributed by atoms with Gasteiger partial charge < -0.3 is 24.1 Å². The van der Waals surface area contributed by atoms with Gasteiger partial charge in [-0.1, -0.05) is 11.8 Å². The van der Waals surface area contributed by atoms with Gasteiger partial charge in [0.25, 0.3) is 5.22 Å². The van der Waals surface area contributed by atoms with Crippen LogP contribution in [0.2, 0.25) is 0 Å². The zero-order chi connectivity index (χ0) is 20.6. The minimum absolute atomic E-state index is 0.0328. The van der Waals surface area contributed by atoms with Crippen LogP contribution in [-0.2, 0) is 9.53 Å². The number of carbonyl (C=O) groups excluding carboxylic acids is 2. The Morgan fingerprint density at radius 2 is 2.10 bits per heavy atom. The molecule has 29 heavy (non-hydrogen) atoms. The predicted molar refractivity (Wildman–Crippen MR) is 107 cm³/mol. The zero-order valence-corrected chi connectivity index (χ0v) is 17.2. The zero-order valence-electron chi connectivity index (χ0n) is 16.4. The SMILES string of the molecule is CCOC(=O)NC1CCCN(C(=O)CSc2nnc(-c3ccc(OC)cc3)o2)C1. The monoisotopic (exact) mass is 420 g/mol. The number of amides is 2. The van der Waals surface area contributed by atoms with Gasteiger partial charge in [0.1, 0.15) is 5.75 Å². The minimum Gasteiger partial charge on any atom is -0.497 e.